The maximum absolute atomic E-state index is 11.5. The van der Waals surface area contributed by atoms with Crippen LogP contribution in [0.5, 0.6) is 0 Å². The molecule has 0 aliphatic carbocycles. The molecular weight excluding hydrogens is 226 g/mol. The number of carbonyl (C=O) groups is 2. The summed E-state index contributed by atoms with van der Waals surface area (Å²) in [6, 6.07) is 4.32. The van der Waals surface area contributed by atoms with Crippen LogP contribution in [-0.4, -0.2) is 23.4 Å². The second-order valence-corrected chi connectivity index (χ2v) is 3.43. The van der Waals surface area contributed by atoms with Crippen LogP contribution < -0.4 is 5.76 Å². The molecule has 0 aliphatic rings. The number of carbonyl (C=O) groups excluding carboxylic acids is 2. The van der Waals surface area contributed by atoms with Gasteiger partial charge in [-0.15, -0.1) is 0 Å². The van der Waals surface area contributed by atoms with Gasteiger partial charge >= 0.3 is 11.7 Å². The summed E-state index contributed by atoms with van der Waals surface area (Å²) in [6.07, 6.45) is 0. The van der Waals surface area contributed by atoms with Crippen molar-refractivity contribution in [2.45, 2.75) is 0 Å². The van der Waals surface area contributed by atoms with Crippen molar-refractivity contribution in [1.29, 1.82) is 0 Å². The summed E-state index contributed by atoms with van der Waals surface area (Å²) < 4.78 is 10.5. The maximum Gasteiger partial charge on any atom is 0.419 e. The maximum atomic E-state index is 11.5. The highest BCUT2D eigenvalue weighted by Gasteiger charge is 2.18. The normalized spacial score (nSPS) is 10.5. The number of esters is 1. The number of fused-ring (bicyclic) bond motifs is 1. The van der Waals surface area contributed by atoms with Crippen molar-refractivity contribution < 1.29 is 18.7 Å². The van der Waals surface area contributed by atoms with Gasteiger partial charge in [0, 0.05) is 12.6 Å². The van der Waals surface area contributed by atoms with Gasteiger partial charge in [-0.1, -0.05) is 0 Å². The lowest BCUT2D eigenvalue weighted by molar-refractivity contribution is -0.135. The molecule has 6 nitrogen and oxygen atoms in total. The molecule has 0 aliphatic heterocycles. The molecular formula is C11H9NO5. The third kappa shape index (κ3) is 1.73. The van der Waals surface area contributed by atoms with Crippen molar-refractivity contribution in [3.63, 3.8) is 0 Å². The van der Waals surface area contributed by atoms with E-state index >= 15 is 0 Å². The lowest BCUT2D eigenvalue weighted by atomic mass is 10.1. The summed E-state index contributed by atoms with van der Waals surface area (Å²) >= 11 is 0. The molecule has 88 valence electrons. The summed E-state index contributed by atoms with van der Waals surface area (Å²) in [5.74, 6) is -2.26. The van der Waals surface area contributed by atoms with E-state index in [0.717, 1.165) is 7.11 Å². The Hall–Kier alpha value is -2.37. The van der Waals surface area contributed by atoms with Crippen LogP contribution in [0.25, 0.3) is 11.1 Å². The van der Waals surface area contributed by atoms with Crippen LogP contribution in [0, 0.1) is 0 Å². The van der Waals surface area contributed by atoms with E-state index in [1.165, 1.54) is 22.8 Å². The zero-order chi connectivity index (χ0) is 12.6. The van der Waals surface area contributed by atoms with Gasteiger partial charge in [0.2, 0.25) is 0 Å². The Morgan fingerprint density at radius 1 is 1.35 bits per heavy atom. The molecule has 6 heteroatoms. The fourth-order valence-electron chi connectivity index (χ4n) is 1.49. The number of ketones is 1. The molecule has 0 spiro atoms. The topological polar surface area (TPSA) is 78.5 Å². The summed E-state index contributed by atoms with van der Waals surface area (Å²) in [6.45, 7) is 0. The lowest BCUT2D eigenvalue weighted by Gasteiger charge is -1.98. The number of nitrogens with zero attached hydrogens (tertiary/aromatic N) is 1. The highest BCUT2D eigenvalue weighted by Crippen LogP contribution is 2.14. The Bertz CT molecular complexity index is 664. The SMILES string of the molecule is COC(=O)C(=O)c1ccc2c(c1)oc(=O)n2C. The Kier molecular flexibility index (Phi) is 2.55. The zero-order valence-electron chi connectivity index (χ0n) is 9.22. The van der Waals surface area contributed by atoms with E-state index in [4.69, 9.17) is 4.42 Å². The molecule has 1 aromatic heterocycles. The number of aryl methyl sites for hydroxylation is 1. The first kappa shape index (κ1) is 11.1. The van der Waals surface area contributed by atoms with Crippen LogP contribution in [0.4, 0.5) is 0 Å². The van der Waals surface area contributed by atoms with Gasteiger partial charge in [-0.25, -0.2) is 9.59 Å². The summed E-state index contributed by atoms with van der Waals surface area (Å²) in [4.78, 5) is 33.8. The van der Waals surface area contributed by atoms with Crippen molar-refractivity contribution in [1.82, 2.24) is 4.57 Å². The first-order valence-corrected chi connectivity index (χ1v) is 4.77. The monoisotopic (exact) mass is 235 g/mol. The molecule has 2 aromatic rings. The van der Waals surface area contributed by atoms with E-state index in [1.807, 2.05) is 0 Å². The standard InChI is InChI=1S/C11H9NO5/c1-12-7-4-3-6(9(13)10(14)16-2)5-8(7)17-11(12)15/h3-5H,1-2H3. The third-order valence-corrected chi connectivity index (χ3v) is 2.43. The van der Waals surface area contributed by atoms with Gasteiger partial charge in [-0.05, 0) is 18.2 Å². The van der Waals surface area contributed by atoms with E-state index in [9.17, 15) is 14.4 Å². The molecule has 0 bridgehead atoms. The van der Waals surface area contributed by atoms with Crippen molar-refractivity contribution in [3.05, 3.63) is 34.3 Å². The molecule has 0 N–H and O–H groups in total. The first-order valence-electron chi connectivity index (χ1n) is 4.77. The van der Waals surface area contributed by atoms with Gasteiger partial charge < -0.3 is 9.15 Å². The van der Waals surface area contributed by atoms with E-state index in [-0.39, 0.29) is 11.1 Å². The molecule has 1 aromatic carbocycles. The fourth-order valence-corrected chi connectivity index (χ4v) is 1.49. The third-order valence-electron chi connectivity index (χ3n) is 2.43. The first-order chi connectivity index (χ1) is 8.04. The van der Waals surface area contributed by atoms with Crippen LogP contribution >= 0.6 is 0 Å². The number of ether oxygens (including phenoxy) is 1. The number of Topliss-reactive ketones (excluding diaryl/α,β-unsaturated/α-hetero) is 1. The smallest absolute Gasteiger partial charge is 0.419 e. The summed E-state index contributed by atoms with van der Waals surface area (Å²) in [5.41, 5.74) is 0.933. The van der Waals surface area contributed by atoms with Crippen molar-refractivity contribution in [2.75, 3.05) is 7.11 Å². The van der Waals surface area contributed by atoms with Crippen LogP contribution in [0.1, 0.15) is 10.4 Å². The predicted octanol–water partition coefficient (Wildman–Crippen LogP) is 0.487. The quantitative estimate of drug-likeness (QED) is 0.430. The van der Waals surface area contributed by atoms with Gasteiger partial charge in [0.25, 0.3) is 5.78 Å². The fraction of sp³-hybridized carbons (Fsp3) is 0.182. The number of rotatable bonds is 2. The van der Waals surface area contributed by atoms with Crippen LogP contribution in [-0.2, 0) is 16.6 Å². The molecule has 0 atom stereocenters. The number of aromatic nitrogens is 1. The zero-order valence-corrected chi connectivity index (χ0v) is 9.22. The van der Waals surface area contributed by atoms with Crippen LogP contribution in [0.15, 0.2) is 27.4 Å². The minimum atomic E-state index is -0.956. The summed E-state index contributed by atoms with van der Waals surface area (Å²) in [7, 11) is 2.68. The van der Waals surface area contributed by atoms with Gasteiger partial charge in [0.15, 0.2) is 5.58 Å². The molecule has 0 unspecified atom stereocenters. The molecule has 2 rings (SSSR count). The Morgan fingerprint density at radius 3 is 2.71 bits per heavy atom. The van der Waals surface area contributed by atoms with Gasteiger partial charge in [-0.2, -0.15) is 0 Å². The van der Waals surface area contributed by atoms with Crippen molar-refractivity contribution in [2.24, 2.45) is 7.05 Å². The molecule has 0 fully saturated rings. The largest absolute Gasteiger partial charge is 0.463 e. The Labute approximate surface area is 95.4 Å². The summed E-state index contributed by atoms with van der Waals surface area (Å²) in [5, 5.41) is 0. The molecule has 0 saturated carbocycles. The van der Waals surface area contributed by atoms with Gasteiger partial charge in [0.05, 0.1) is 12.6 Å². The van der Waals surface area contributed by atoms with Crippen LogP contribution in [0.3, 0.4) is 0 Å². The van der Waals surface area contributed by atoms with E-state index < -0.39 is 17.5 Å². The molecule has 17 heavy (non-hydrogen) atoms. The second kappa shape index (κ2) is 3.89. The van der Waals surface area contributed by atoms with E-state index in [0.29, 0.717) is 5.52 Å². The minimum absolute atomic E-state index is 0.124. The Balaban J connectivity index is 2.56. The molecule has 0 radical (unpaired) electrons. The van der Waals surface area contributed by atoms with Gasteiger partial charge in [-0.3, -0.25) is 9.36 Å². The average molecular weight is 235 g/mol. The minimum Gasteiger partial charge on any atom is -0.463 e. The molecule has 1 heterocycles. The van der Waals surface area contributed by atoms with Crippen LogP contribution in [0.2, 0.25) is 0 Å². The lowest BCUT2D eigenvalue weighted by Crippen LogP contribution is -2.15. The van der Waals surface area contributed by atoms with E-state index in [2.05, 4.69) is 4.74 Å². The number of benzene rings is 1. The number of hydrogen-bond donors (Lipinski definition) is 0. The highest BCUT2D eigenvalue weighted by molar-refractivity contribution is 6.40. The number of hydrogen-bond acceptors (Lipinski definition) is 5. The Morgan fingerprint density at radius 2 is 2.06 bits per heavy atom. The highest BCUT2D eigenvalue weighted by atomic mass is 16.5. The number of oxazole rings is 1. The molecule has 0 saturated heterocycles. The van der Waals surface area contributed by atoms with Gasteiger partial charge in [0.1, 0.15) is 0 Å². The second-order valence-electron chi connectivity index (χ2n) is 3.43. The van der Waals surface area contributed by atoms with E-state index in [1.54, 1.807) is 7.05 Å². The average Bonchev–Trinajstić information content (AvgIpc) is 2.62. The predicted molar refractivity (Wildman–Crippen MR) is 57.8 cm³/mol. The van der Waals surface area contributed by atoms with Crippen molar-refractivity contribution in [3.8, 4) is 0 Å². The molecule has 0 amide bonds. The van der Waals surface area contributed by atoms with Crippen molar-refractivity contribution >= 4 is 22.9 Å². The number of methoxy groups -OCH3 is 1.